The molecule has 2 N–H and O–H groups in total. The average molecular weight is 248 g/mol. The first kappa shape index (κ1) is 14.7. The number of likely N-dealkylation sites (N-methyl/N-ethyl adjacent to an activating group) is 1. The van der Waals surface area contributed by atoms with Crippen LogP contribution in [0.2, 0.25) is 0 Å². The van der Waals surface area contributed by atoms with Gasteiger partial charge in [-0.05, 0) is 45.0 Å². The van der Waals surface area contributed by atoms with Gasteiger partial charge >= 0.3 is 0 Å². The van der Waals surface area contributed by atoms with Crippen molar-refractivity contribution in [3.8, 4) is 0 Å². The van der Waals surface area contributed by atoms with Crippen LogP contribution in [0.25, 0.3) is 0 Å². The summed E-state index contributed by atoms with van der Waals surface area (Å²) in [7, 11) is 1.92. The van der Waals surface area contributed by atoms with E-state index in [0.29, 0.717) is 0 Å². The van der Waals surface area contributed by atoms with Crippen LogP contribution in [-0.2, 0) is 6.42 Å². The number of carbonyl (C=O) groups is 1. The van der Waals surface area contributed by atoms with Crippen molar-refractivity contribution in [1.82, 2.24) is 10.6 Å². The van der Waals surface area contributed by atoms with Crippen molar-refractivity contribution >= 4 is 5.91 Å². The predicted molar refractivity (Wildman–Crippen MR) is 75.9 cm³/mol. The smallest absolute Gasteiger partial charge is 0.251 e. The van der Waals surface area contributed by atoms with E-state index in [1.807, 2.05) is 31.3 Å². The topological polar surface area (TPSA) is 41.1 Å². The van der Waals surface area contributed by atoms with Crippen molar-refractivity contribution in [3.63, 3.8) is 0 Å². The summed E-state index contributed by atoms with van der Waals surface area (Å²) in [6.07, 6.45) is 2.98. The van der Waals surface area contributed by atoms with Gasteiger partial charge < -0.3 is 10.6 Å². The SMILES string of the molecule is CCCC(C)NC(=O)c1ccccc1CCNC. The molecule has 3 nitrogen and oxygen atoms in total. The lowest BCUT2D eigenvalue weighted by molar-refractivity contribution is 0.0937. The summed E-state index contributed by atoms with van der Waals surface area (Å²) in [5.41, 5.74) is 1.91. The molecule has 0 heterocycles. The van der Waals surface area contributed by atoms with E-state index in [-0.39, 0.29) is 11.9 Å². The van der Waals surface area contributed by atoms with Crippen LogP contribution >= 0.6 is 0 Å². The fourth-order valence-corrected chi connectivity index (χ4v) is 2.03. The normalized spacial score (nSPS) is 12.2. The van der Waals surface area contributed by atoms with Gasteiger partial charge in [0.05, 0.1) is 0 Å². The monoisotopic (exact) mass is 248 g/mol. The Hall–Kier alpha value is -1.35. The number of carbonyl (C=O) groups excluding carboxylic acids is 1. The molecular weight excluding hydrogens is 224 g/mol. The summed E-state index contributed by atoms with van der Waals surface area (Å²) in [4.78, 5) is 12.2. The second-order valence-electron chi connectivity index (χ2n) is 4.67. The highest BCUT2D eigenvalue weighted by Crippen LogP contribution is 2.10. The number of amides is 1. The van der Waals surface area contributed by atoms with Crippen molar-refractivity contribution < 1.29 is 4.79 Å². The molecular formula is C15H24N2O. The molecule has 0 spiro atoms. The zero-order chi connectivity index (χ0) is 13.4. The number of nitrogens with one attached hydrogen (secondary N) is 2. The minimum Gasteiger partial charge on any atom is -0.350 e. The van der Waals surface area contributed by atoms with Crippen molar-refractivity contribution in [1.29, 1.82) is 0 Å². The lowest BCUT2D eigenvalue weighted by Crippen LogP contribution is -2.33. The molecule has 0 bridgehead atoms. The number of hydrogen-bond acceptors (Lipinski definition) is 2. The van der Waals surface area contributed by atoms with Gasteiger partial charge in [0.25, 0.3) is 5.91 Å². The summed E-state index contributed by atoms with van der Waals surface area (Å²) < 4.78 is 0. The van der Waals surface area contributed by atoms with Crippen LogP contribution in [0.4, 0.5) is 0 Å². The van der Waals surface area contributed by atoms with Crippen LogP contribution in [-0.4, -0.2) is 25.5 Å². The third-order valence-electron chi connectivity index (χ3n) is 3.01. The molecule has 0 aliphatic carbocycles. The first-order valence-corrected chi connectivity index (χ1v) is 6.72. The van der Waals surface area contributed by atoms with Crippen molar-refractivity contribution in [2.75, 3.05) is 13.6 Å². The third kappa shape index (κ3) is 4.49. The van der Waals surface area contributed by atoms with E-state index in [4.69, 9.17) is 0 Å². The van der Waals surface area contributed by atoms with Crippen molar-refractivity contribution in [2.45, 2.75) is 39.2 Å². The number of hydrogen-bond donors (Lipinski definition) is 2. The van der Waals surface area contributed by atoms with Crippen LogP contribution in [0, 0.1) is 0 Å². The first-order valence-electron chi connectivity index (χ1n) is 6.72. The highest BCUT2D eigenvalue weighted by atomic mass is 16.1. The van der Waals surface area contributed by atoms with E-state index in [1.54, 1.807) is 0 Å². The number of benzene rings is 1. The Morgan fingerprint density at radius 1 is 1.33 bits per heavy atom. The molecule has 0 saturated heterocycles. The third-order valence-corrected chi connectivity index (χ3v) is 3.01. The molecule has 1 rings (SSSR count). The maximum Gasteiger partial charge on any atom is 0.251 e. The Bertz CT molecular complexity index is 377. The zero-order valence-corrected chi connectivity index (χ0v) is 11.6. The van der Waals surface area contributed by atoms with Gasteiger partial charge in [-0.25, -0.2) is 0 Å². The largest absolute Gasteiger partial charge is 0.350 e. The molecule has 18 heavy (non-hydrogen) atoms. The molecule has 1 atom stereocenters. The van der Waals surface area contributed by atoms with Gasteiger partial charge in [-0.2, -0.15) is 0 Å². The van der Waals surface area contributed by atoms with Gasteiger partial charge in [0.15, 0.2) is 0 Å². The zero-order valence-electron chi connectivity index (χ0n) is 11.6. The summed E-state index contributed by atoms with van der Waals surface area (Å²) in [6.45, 7) is 5.07. The van der Waals surface area contributed by atoms with Crippen molar-refractivity contribution in [3.05, 3.63) is 35.4 Å². The van der Waals surface area contributed by atoms with Gasteiger partial charge in [-0.1, -0.05) is 31.5 Å². The predicted octanol–water partition coefficient (Wildman–Crippen LogP) is 2.37. The van der Waals surface area contributed by atoms with Crippen LogP contribution in [0.5, 0.6) is 0 Å². The molecule has 3 heteroatoms. The van der Waals surface area contributed by atoms with Crippen LogP contribution in [0.3, 0.4) is 0 Å². The summed E-state index contributed by atoms with van der Waals surface area (Å²) in [5.74, 6) is 0.0441. The van der Waals surface area contributed by atoms with E-state index in [0.717, 1.165) is 36.9 Å². The van der Waals surface area contributed by atoms with Gasteiger partial charge in [-0.3, -0.25) is 4.79 Å². The molecule has 0 aliphatic rings. The van der Waals surface area contributed by atoms with Crippen LogP contribution in [0.1, 0.15) is 42.6 Å². The second kappa shape index (κ2) is 7.88. The Balaban J connectivity index is 2.71. The highest BCUT2D eigenvalue weighted by molar-refractivity contribution is 5.95. The molecule has 1 aromatic rings. The van der Waals surface area contributed by atoms with Gasteiger partial charge in [-0.15, -0.1) is 0 Å². The quantitative estimate of drug-likeness (QED) is 0.778. The molecule has 0 aromatic heterocycles. The Kier molecular flexibility index (Phi) is 6.44. The average Bonchev–Trinajstić information content (AvgIpc) is 2.36. The maximum absolute atomic E-state index is 12.2. The van der Waals surface area contributed by atoms with Crippen molar-refractivity contribution in [2.24, 2.45) is 0 Å². The van der Waals surface area contributed by atoms with Crippen LogP contribution in [0.15, 0.2) is 24.3 Å². The fraction of sp³-hybridized carbons (Fsp3) is 0.533. The Labute approximate surface area is 110 Å². The summed E-state index contributed by atoms with van der Waals surface area (Å²) >= 11 is 0. The van der Waals surface area contributed by atoms with E-state index < -0.39 is 0 Å². The van der Waals surface area contributed by atoms with E-state index in [2.05, 4.69) is 24.5 Å². The van der Waals surface area contributed by atoms with Gasteiger partial charge in [0.1, 0.15) is 0 Å². The van der Waals surface area contributed by atoms with E-state index >= 15 is 0 Å². The van der Waals surface area contributed by atoms with Gasteiger partial charge in [0, 0.05) is 11.6 Å². The lowest BCUT2D eigenvalue weighted by atomic mass is 10.0. The Morgan fingerprint density at radius 3 is 2.72 bits per heavy atom. The minimum absolute atomic E-state index is 0.0441. The minimum atomic E-state index is 0.0441. The molecule has 0 fully saturated rings. The Morgan fingerprint density at radius 2 is 2.06 bits per heavy atom. The second-order valence-corrected chi connectivity index (χ2v) is 4.67. The first-order chi connectivity index (χ1) is 8.69. The highest BCUT2D eigenvalue weighted by Gasteiger charge is 2.12. The van der Waals surface area contributed by atoms with E-state index in [1.165, 1.54) is 0 Å². The molecule has 1 unspecified atom stereocenters. The molecule has 100 valence electrons. The summed E-state index contributed by atoms with van der Waals surface area (Å²) in [6, 6.07) is 8.06. The fourth-order valence-electron chi connectivity index (χ4n) is 2.03. The van der Waals surface area contributed by atoms with E-state index in [9.17, 15) is 4.79 Å². The summed E-state index contributed by atoms with van der Waals surface area (Å²) in [5, 5.41) is 6.17. The molecule has 0 radical (unpaired) electrons. The lowest BCUT2D eigenvalue weighted by Gasteiger charge is -2.15. The molecule has 1 amide bonds. The van der Waals surface area contributed by atoms with Crippen LogP contribution < -0.4 is 10.6 Å². The maximum atomic E-state index is 12.2. The van der Waals surface area contributed by atoms with Gasteiger partial charge in [0.2, 0.25) is 0 Å². The number of rotatable bonds is 7. The molecule has 1 aromatic carbocycles. The molecule has 0 saturated carbocycles. The standard InChI is InChI=1S/C15H24N2O/c1-4-7-12(2)17-15(18)14-9-6-5-8-13(14)10-11-16-3/h5-6,8-9,12,16H,4,7,10-11H2,1-3H3,(H,17,18). The molecule has 0 aliphatic heterocycles.